The van der Waals surface area contributed by atoms with Gasteiger partial charge in [0.15, 0.2) is 0 Å². The number of likely N-dealkylation sites (tertiary alicyclic amines) is 1. The summed E-state index contributed by atoms with van der Waals surface area (Å²) in [6.07, 6.45) is 7.67. The number of morpholine rings is 1. The molecule has 28 heavy (non-hydrogen) atoms. The Morgan fingerprint density at radius 2 is 2.11 bits per heavy atom. The van der Waals surface area contributed by atoms with Crippen molar-refractivity contribution >= 4 is 5.91 Å². The zero-order chi connectivity index (χ0) is 19.9. The third kappa shape index (κ3) is 5.53. The van der Waals surface area contributed by atoms with Crippen LogP contribution in [0.1, 0.15) is 30.9 Å². The zero-order valence-electron chi connectivity index (χ0n) is 17.5. The fraction of sp³-hybridized carbons (Fsp3) is 0.800. The van der Waals surface area contributed by atoms with Gasteiger partial charge in [-0.15, -0.1) is 0 Å². The third-order valence-electron chi connectivity index (χ3n) is 5.71. The maximum atomic E-state index is 13.1. The monoisotopic (exact) mass is 393 g/mol. The lowest BCUT2D eigenvalue weighted by Crippen LogP contribution is -2.54. The molecule has 1 aromatic rings. The normalized spacial score (nSPS) is 24.1. The first-order chi connectivity index (χ1) is 13.6. The van der Waals surface area contributed by atoms with Gasteiger partial charge >= 0.3 is 0 Å². The van der Waals surface area contributed by atoms with Gasteiger partial charge in [-0.2, -0.15) is 5.10 Å². The number of hydrogen-bond donors (Lipinski definition) is 0. The van der Waals surface area contributed by atoms with E-state index in [2.05, 4.69) is 10.00 Å². The molecule has 2 saturated heterocycles. The van der Waals surface area contributed by atoms with E-state index in [-0.39, 0.29) is 18.1 Å². The van der Waals surface area contributed by atoms with Crippen molar-refractivity contribution in [3.05, 3.63) is 18.0 Å². The van der Waals surface area contributed by atoms with E-state index in [4.69, 9.17) is 9.47 Å². The highest BCUT2D eigenvalue weighted by molar-refractivity contribution is 5.79. The molecule has 158 valence electrons. The van der Waals surface area contributed by atoms with E-state index in [0.717, 1.165) is 31.7 Å². The van der Waals surface area contributed by atoms with Gasteiger partial charge in [0.2, 0.25) is 5.91 Å². The first-order valence-electron chi connectivity index (χ1n) is 10.4. The lowest BCUT2D eigenvalue weighted by atomic mass is 9.99. The predicted octanol–water partition coefficient (Wildman–Crippen LogP) is 0.753. The van der Waals surface area contributed by atoms with Gasteiger partial charge in [-0.05, 0) is 33.0 Å². The summed E-state index contributed by atoms with van der Waals surface area (Å²) in [5, 5.41) is 4.35. The Balaban J connectivity index is 1.73. The van der Waals surface area contributed by atoms with Gasteiger partial charge in [0.05, 0.1) is 38.1 Å². The number of aryl methyl sites for hydroxylation is 1. The van der Waals surface area contributed by atoms with Crippen molar-refractivity contribution < 1.29 is 14.3 Å². The number of rotatable bonds is 8. The highest BCUT2D eigenvalue weighted by atomic mass is 16.5. The van der Waals surface area contributed by atoms with Crippen LogP contribution in [0.25, 0.3) is 0 Å². The van der Waals surface area contributed by atoms with Crippen LogP contribution in [-0.4, -0.2) is 103 Å². The van der Waals surface area contributed by atoms with E-state index in [1.807, 2.05) is 36.3 Å². The van der Waals surface area contributed by atoms with Gasteiger partial charge in [-0.3, -0.25) is 14.4 Å². The quantitative estimate of drug-likeness (QED) is 0.650. The summed E-state index contributed by atoms with van der Waals surface area (Å²) >= 11 is 0. The average Bonchev–Trinajstić information content (AvgIpc) is 3.13. The SMILES string of the molecule is COCCN(C)CC(=O)N1CCO[C@@H](CN2CCCCC2)[C@@H]1c1cnn(C)c1. The largest absolute Gasteiger partial charge is 0.383 e. The fourth-order valence-electron chi connectivity index (χ4n) is 4.20. The lowest BCUT2D eigenvalue weighted by molar-refractivity contribution is -0.149. The summed E-state index contributed by atoms with van der Waals surface area (Å²) in [4.78, 5) is 19.6. The molecule has 2 aliphatic heterocycles. The van der Waals surface area contributed by atoms with E-state index in [9.17, 15) is 4.79 Å². The molecule has 0 bridgehead atoms. The summed E-state index contributed by atoms with van der Waals surface area (Å²) in [5.41, 5.74) is 1.05. The van der Waals surface area contributed by atoms with Crippen LogP contribution in [0, 0.1) is 0 Å². The van der Waals surface area contributed by atoms with E-state index in [0.29, 0.717) is 26.3 Å². The van der Waals surface area contributed by atoms with Gasteiger partial charge in [0.25, 0.3) is 0 Å². The summed E-state index contributed by atoms with van der Waals surface area (Å²) in [5.74, 6) is 0.138. The van der Waals surface area contributed by atoms with Gasteiger partial charge < -0.3 is 19.3 Å². The molecule has 3 heterocycles. The summed E-state index contributed by atoms with van der Waals surface area (Å²) in [7, 11) is 5.56. The molecule has 0 spiro atoms. The van der Waals surface area contributed by atoms with Crippen LogP contribution >= 0.6 is 0 Å². The van der Waals surface area contributed by atoms with Gasteiger partial charge in [0, 0.05) is 45.6 Å². The molecular formula is C20H35N5O3. The number of aromatic nitrogens is 2. The number of piperidine rings is 1. The molecule has 2 aliphatic rings. The number of methoxy groups -OCH3 is 1. The minimum Gasteiger partial charge on any atom is -0.383 e. The van der Waals surface area contributed by atoms with E-state index in [1.54, 1.807) is 11.8 Å². The van der Waals surface area contributed by atoms with Crippen molar-refractivity contribution in [1.29, 1.82) is 0 Å². The second kappa shape index (κ2) is 10.3. The number of hydrogen-bond acceptors (Lipinski definition) is 6. The van der Waals surface area contributed by atoms with Gasteiger partial charge in [-0.25, -0.2) is 0 Å². The Labute approximate surface area is 168 Å². The van der Waals surface area contributed by atoms with Gasteiger partial charge in [0.1, 0.15) is 0 Å². The Kier molecular flexibility index (Phi) is 7.84. The number of carbonyl (C=O) groups excluding carboxylic acids is 1. The molecule has 2 atom stereocenters. The van der Waals surface area contributed by atoms with E-state index in [1.165, 1.54) is 19.3 Å². The standard InChI is InChI=1S/C20H35N5O3/c1-22(9-11-27-3)16-19(26)25-10-12-28-18(15-24-7-5-4-6-8-24)20(25)17-13-21-23(2)14-17/h13-14,18,20H,4-12,15-16H2,1-3H3/t18-,20-/m0/s1. The predicted molar refractivity (Wildman–Crippen MR) is 107 cm³/mol. The maximum absolute atomic E-state index is 13.1. The molecular weight excluding hydrogens is 358 g/mol. The van der Waals surface area contributed by atoms with Crippen LogP contribution < -0.4 is 0 Å². The van der Waals surface area contributed by atoms with Crippen LogP contribution in [-0.2, 0) is 21.3 Å². The number of likely N-dealkylation sites (N-methyl/N-ethyl adjacent to an activating group) is 1. The molecule has 0 radical (unpaired) electrons. The molecule has 0 aromatic carbocycles. The molecule has 0 unspecified atom stereocenters. The molecule has 3 rings (SSSR count). The van der Waals surface area contributed by atoms with Crippen molar-refractivity contribution in [2.75, 3.05) is 66.6 Å². The van der Waals surface area contributed by atoms with Crippen LogP contribution in [0.5, 0.6) is 0 Å². The van der Waals surface area contributed by atoms with Crippen molar-refractivity contribution in [3.8, 4) is 0 Å². The number of ether oxygens (including phenoxy) is 2. The molecule has 0 aliphatic carbocycles. The van der Waals surface area contributed by atoms with E-state index >= 15 is 0 Å². The van der Waals surface area contributed by atoms with Crippen LogP contribution in [0.2, 0.25) is 0 Å². The third-order valence-corrected chi connectivity index (χ3v) is 5.71. The Morgan fingerprint density at radius 3 is 2.79 bits per heavy atom. The zero-order valence-corrected chi connectivity index (χ0v) is 17.5. The number of nitrogens with zero attached hydrogens (tertiary/aromatic N) is 5. The molecule has 8 nitrogen and oxygen atoms in total. The fourth-order valence-corrected chi connectivity index (χ4v) is 4.20. The highest BCUT2D eigenvalue weighted by Crippen LogP contribution is 2.30. The second-order valence-electron chi connectivity index (χ2n) is 7.98. The van der Waals surface area contributed by atoms with Crippen molar-refractivity contribution in [2.24, 2.45) is 7.05 Å². The molecule has 1 aromatic heterocycles. The molecule has 2 fully saturated rings. The summed E-state index contributed by atoms with van der Waals surface area (Å²) < 4.78 is 13.1. The molecule has 0 N–H and O–H groups in total. The first kappa shape index (κ1) is 21.2. The van der Waals surface area contributed by atoms with E-state index < -0.39 is 0 Å². The van der Waals surface area contributed by atoms with Crippen LogP contribution in [0.3, 0.4) is 0 Å². The lowest BCUT2D eigenvalue weighted by Gasteiger charge is -2.43. The molecule has 8 heteroatoms. The van der Waals surface area contributed by atoms with Crippen molar-refractivity contribution in [1.82, 2.24) is 24.5 Å². The Bertz CT molecular complexity index is 617. The Hall–Kier alpha value is -1.48. The average molecular weight is 394 g/mol. The highest BCUT2D eigenvalue weighted by Gasteiger charge is 2.38. The minimum atomic E-state index is -0.0901. The Morgan fingerprint density at radius 1 is 1.32 bits per heavy atom. The first-order valence-corrected chi connectivity index (χ1v) is 10.4. The topological polar surface area (TPSA) is 63.1 Å². The number of carbonyl (C=O) groups is 1. The van der Waals surface area contributed by atoms with Crippen LogP contribution in [0.4, 0.5) is 0 Å². The maximum Gasteiger partial charge on any atom is 0.237 e. The van der Waals surface area contributed by atoms with Crippen molar-refractivity contribution in [3.63, 3.8) is 0 Å². The summed E-state index contributed by atoms with van der Waals surface area (Å²) in [6, 6.07) is -0.0901. The minimum absolute atomic E-state index is 0.0238. The number of amides is 1. The summed E-state index contributed by atoms with van der Waals surface area (Å²) in [6.45, 7) is 6.05. The second-order valence-corrected chi connectivity index (χ2v) is 7.98. The van der Waals surface area contributed by atoms with Gasteiger partial charge in [-0.1, -0.05) is 6.42 Å². The van der Waals surface area contributed by atoms with Crippen molar-refractivity contribution in [2.45, 2.75) is 31.4 Å². The molecule has 0 saturated carbocycles. The molecule has 1 amide bonds. The van der Waals surface area contributed by atoms with Crippen LogP contribution in [0.15, 0.2) is 12.4 Å². The smallest absolute Gasteiger partial charge is 0.237 e.